The third-order valence-corrected chi connectivity index (χ3v) is 4.90. The Hall–Kier alpha value is -3.00. The summed E-state index contributed by atoms with van der Waals surface area (Å²) in [6.45, 7) is 2.57. The first kappa shape index (κ1) is 17.4. The minimum absolute atomic E-state index is 0.0600. The minimum Gasteiger partial charge on any atom is -0.468 e. The van der Waals surface area contributed by atoms with Gasteiger partial charge in [-0.15, -0.1) is 5.10 Å². The van der Waals surface area contributed by atoms with Crippen LogP contribution in [0.3, 0.4) is 0 Å². The molecule has 3 heterocycles. The van der Waals surface area contributed by atoms with Crippen molar-refractivity contribution >= 4 is 5.91 Å². The Morgan fingerprint density at radius 2 is 1.96 bits per heavy atom. The summed E-state index contributed by atoms with van der Waals surface area (Å²) in [7, 11) is 0. The van der Waals surface area contributed by atoms with E-state index in [-0.39, 0.29) is 11.9 Å². The number of tetrazole rings is 1. The molecule has 1 amide bonds. The van der Waals surface area contributed by atoms with Crippen molar-refractivity contribution in [3.05, 3.63) is 60.3 Å². The van der Waals surface area contributed by atoms with Gasteiger partial charge >= 0.3 is 0 Å². The molecule has 0 spiro atoms. The lowest BCUT2D eigenvalue weighted by molar-refractivity contribution is 0.0914. The van der Waals surface area contributed by atoms with Crippen molar-refractivity contribution in [2.45, 2.75) is 25.3 Å². The van der Waals surface area contributed by atoms with Crippen molar-refractivity contribution in [1.82, 2.24) is 30.4 Å². The van der Waals surface area contributed by atoms with E-state index < -0.39 is 0 Å². The zero-order valence-corrected chi connectivity index (χ0v) is 15.0. The predicted molar refractivity (Wildman–Crippen MR) is 98.4 cm³/mol. The van der Waals surface area contributed by atoms with Gasteiger partial charge in [-0.05, 0) is 72.8 Å². The van der Waals surface area contributed by atoms with Gasteiger partial charge in [0.1, 0.15) is 12.1 Å². The summed E-state index contributed by atoms with van der Waals surface area (Å²) in [6.07, 6.45) is 6.84. The molecule has 1 saturated heterocycles. The second kappa shape index (κ2) is 8.13. The molecule has 4 rings (SSSR count). The smallest absolute Gasteiger partial charge is 0.251 e. The summed E-state index contributed by atoms with van der Waals surface area (Å²) in [5, 5.41) is 14.1. The average molecular weight is 366 g/mol. The summed E-state index contributed by atoms with van der Waals surface area (Å²) in [5.74, 6) is 0.790. The minimum atomic E-state index is -0.105. The highest BCUT2D eigenvalue weighted by atomic mass is 16.3. The first-order chi connectivity index (χ1) is 13.3. The zero-order chi connectivity index (χ0) is 18.5. The summed E-state index contributed by atoms with van der Waals surface area (Å²) < 4.78 is 7.18. The number of nitrogens with zero attached hydrogens (tertiary/aromatic N) is 5. The lowest BCUT2D eigenvalue weighted by Gasteiger charge is -2.33. The Balaban J connectivity index is 1.41. The van der Waals surface area contributed by atoms with Crippen molar-refractivity contribution in [2.24, 2.45) is 0 Å². The molecule has 0 radical (unpaired) electrons. The van der Waals surface area contributed by atoms with Gasteiger partial charge in [-0.1, -0.05) is 6.42 Å². The molecule has 0 aliphatic carbocycles. The Bertz CT molecular complexity index is 839. The topological polar surface area (TPSA) is 89.1 Å². The molecule has 3 aromatic rings. The number of amides is 1. The van der Waals surface area contributed by atoms with Crippen molar-refractivity contribution in [3.63, 3.8) is 0 Å². The monoisotopic (exact) mass is 366 g/mol. The van der Waals surface area contributed by atoms with Gasteiger partial charge in [0, 0.05) is 12.1 Å². The van der Waals surface area contributed by atoms with Gasteiger partial charge in [0.05, 0.1) is 18.0 Å². The fourth-order valence-electron chi connectivity index (χ4n) is 3.46. The predicted octanol–water partition coefficient (Wildman–Crippen LogP) is 2.21. The van der Waals surface area contributed by atoms with Crippen molar-refractivity contribution in [3.8, 4) is 5.69 Å². The Kier molecular flexibility index (Phi) is 5.24. The Morgan fingerprint density at radius 3 is 2.63 bits per heavy atom. The van der Waals surface area contributed by atoms with Crippen LogP contribution < -0.4 is 5.32 Å². The zero-order valence-electron chi connectivity index (χ0n) is 15.0. The first-order valence-electron chi connectivity index (χ1n) is 9.20. The number of benzene rings is 1. The van der Waals surface area contributed by atoms with Crippen LogP contribution in [0.2, 0.25) is 0 Å². The SMILES string of the molecule is O=C(NC[C@H](c1ccco1)N1CCCCC1)c1ccc(-n2cnnn2)cc1. The molecule has 27 heavy (non-hydrogen) atoms. The van der Waals surface area contributed by atoms with E-state index in [2.05, 4.69) is 25.7 Å². The molecule has 0 saturated carbocycles. The number of carbonyl (C=O) groups is 1. The maximum absolute atomic E-state index is 12.6. The second-order valence-electron chi connectivity index (χ2n) is 6.64. The van der Waals surface area contributed by atoms with Crippen LogP contribution in [0.25, 0.3) is 5.69 Å². The first-order valence-corrected chi connectivity index (χ1v) is 9.20. The molecule has 0 bridgehead atoms. The third kappa shape index (κ3) is 4.06. The van der Waals surface area contributed by atoms with E-state index in [1.807, 2.05) is 24.3 Å². The molecule has 2 aromatic heterocycles. The van der Waals surface area contributed by atoms with Gasteiger partial charge in [-0.2, -0.15) is 0 Å². The normalized spacial score (nSPS) is 16.1. The highest BCUT2D eigenvalue weighted by molar-refractivity contribution is 5.94. The molecule has 0 unspecified atom stereocenters. The number of aromatic nitrogens is 4. The van der Waals surface area contributed by atoms with E-state index in [4.69, 9.17) is 4.42 Å². The van der Waals surface area contributed by atoms with Crippen LogP contribution in [0.5, 0.6) is 0 Å². The van der Waals surface area contributed by atoms with Crippen molar-refractivity contribution in [2.75, 3.05) is 19.6 Å². The van der Waals surface area contributed by atoms with E-state index in [1.54, 1.807) is 23.1 Å². The summed E-state index contributed by atoms with van der Waals surface area (Å²) in [6, 6.07) is 11.1. The fourth-order valence-corrected chi connectivity index (χ4v) is 3.46. The molecule has 1 N–H and O–H groups in total. The van der Waals surface area contributed by atoms with Crippen LogP contribution in [0.15, 0.2) is 53.4 Å². The maximum Gasteiger partial charge on any atom is 0.251 e. The van der Waals surface area contributed by atoms with E-state index in [9.17, 15) is 4.79 Å². The van der Waals surface area contributed by atoms with Crippen molar-refractivity contribution < 1.29 is 9.21 Å². The van der Waals surface area contributed by atoms with E-state index in [0.717, 1.165) is 24.5 Å². The average Bonchev–Trinajstić information content (AvgIpc) is 3.43. The number of piperidine rings is 1. The molecule has 1 fully saturated rings. The van der Waals surface area contributed by atoms with E-state index in [1.165, 1.54) is 25.6 Å². The van der Waals surface area contributed by atoms with Gasteiger partial charge < -0.3 is 9.73 Å². The second-order valence-corrected chi connectivity index (χ2v) is 6.64. The molecular weight excluding hydrogens is 344 g/mol. The maximum atomic E-state index is 12.6. The Morgan fingerprint density at radius 1 is 1.15 bits per heavy atom. The lowest BCUT2D eigenvalue weighted by atomic mass is 10.1. The Labute approximate surface area is 157 Å². The lowest BCUT2D eigenvalue weighted by Crippen LogP contribution is -2.40. The van der Waals surface area contributed by atoms with Crippen LogP contribution in [0.4, 0.5) is 0 Å². The molecule has 1 aliphatic heterocycles. The van der Waals surface area contributed by atoms with Crippen LogP contribution in [-0.4, -0.2) is 50.6 Å². The van der Waals surface area contributed by atoms with Crippen LogP contribution in [-0.2, 0) is 0 Å². The van der Waals surface area contributed by atoms with Gasteiger partial charge in [-0.3, -0.25) is 9.69 Å². The number of furan rings is 1. The fraction of sp³-hybridized carbons (Fsp3) is 0.368. The van der Waals surface area contributed by atoms with Gasteiger partial charge in [0.2, 0.25) is 0 Å². The molecule has 1 aliphatic rings. The quantitative estimate of drug-likeness (QED) is 0.719. The molecular formula is C19H22N6O2. The van der Waals surface area contributed by atoms with Crippen LogP contribution in [0, 0.1) is 0 Å². The molecule has 1 atom stereocenters. The molecule has 140 valence electrons. The standard InChI is InChI=1S/C19H22N6O2/c26-19(15-6-8-16(9-7-15)25-14-21-22-23-25)20-13-17(18-5-4-12-27-18)24-10-2-1-3-11-24/h4-9,12,14,17H,1-3,10-11,13H2,(H,20,26)/t17-/m1/s1. The molecule has 1 aromatic carbocycles. The number of likely N-dealkylation sites (tertiary alicyclic amines) is 1. The van der Waals surface area contributed by atoms with E-state index in [0.29, 0.717) is 12.1 Å². The highest BCUT2D eigenvalue weighted by Crippen LogP contribution is 2.24. The van der Waals surface area contributed by atoms with Crippen LogP contribution in [0.1, 0.15) is 41.4 Å². The van der Waals surface area contributed by atoms with Gasteiger partial charge in [-0.25, -0.2) is 4.68 Å². The number of nitrogens with one attached hydrogen (secondary N) is 1. The number of carbonyl (C=O) groups excluding carboxylic acids is 1. The van der Waals surface area contributed by atoms with Gasteiger partial charge in [0.25, 0.3) is 5.91 Å². The third-order valence-electron chi connectivity index (χ3n) is 4.90. The highest BCUT2D eigenvalue weighted by Gasteiger charge is 2.25. The number of rotatable bonds is 6. The van der Waals surface area contributed by atoms with Crippen LogP contribution >= 0.6 is 0 Å². The summed E-state index contributed by atoms with van der Waals surface area (Å²) >= 11 is 0. The number of hydrogen-bond donors (Lipinski definition) is 1. The summed E-state index contributed by atoms with van der Waals surface area (Å²) in [4.78, 5) is 15.0. The van der Waals surface area contributed by atoms with Gasteiger partial charge in [0.15, 0.2) is 0 Å². The molecule has 8 heteroatoms. The van der Waals surface area contributed by atoms with Crippen molar-refractivity contribution in [1.29, 1.82) is 0 Å². The molecule has 8 nitrogen and oxygen atoms in total. The number of hydrogen-bond acceptors (Lipinski definition) is 6. The summed E-state index contributed by atoms with van der Waals surface area (Å²) in [5.41, 5.74) is 1.40. The largest absolute Gasteiger partial charge is 0.468 e. The van der Waals surface area contributed by atoms with E-state index >= 15 is 0 Å².